The molecule has 0 saturated carbocycles. The molecule has 3 saturated heterocycles. The second kappa shape index (κ2) is 12.8. The third-order valence-corrected chi connectivity index (χ3v) is 8.77. The summed E-state index contributed by atoms with van der Waals surface area (Å²) in [6, 6.07) is 12.3. The van der Waals surface area contributed by atoms with E-state index in [1.165, 1.54) is 43.6 Å². The van der Waals surface area contributed by atoms with Gasteiger partial charge in [-0.2, -0.15) is 0 Å². The van der Waals surface area contributed by atoms with E-state index in [-0.39, 0.29) is 5.56 Å². The zero-order chi connectivity index (χ0) is 29.1. The van der Waals surface area contributed by atoms with Gasteiger partial charge < -0.3 is 19.9 Å². The summed E-state index contributed by atoms with van der Waals surface area (Å²) in [5, 5.41) is 4.86. The van der Waals surface area contributed by atoms with Gasteiger partial charge in [0.25, 0.3) is 0 Å². The lowest BCUT2D eigenvalue weighted by Crippen LogP contribution is -2.53. The van der Waals surface area contributed by atoms with E-state index >= 15 is 0 Å². The third-order valence-electron chi connectivity index (χ3n) is 8.77. The van der Waals surface area contributed by atoms with Crippen LogP contribution in [0.5, 0.6) is 5.75 Å². The topological polar surface area (TPSA) is 69.2 Å². The van der Waals surface area contributed by atoms with Crippen molar-refractivity contribution in [3.8, 4) is 5.75 Å². The molecule has 11 heteroatoms. The van der Waals surface area contributed by atoms with E-state index in [4.69, 9.17) is 9.57 Å². The minimum absolute atomic E-state index is 0.237. The quantitative estimate of drug-likeness (QED) is 0.397. The second-order valence-electron chi connectivity index (χ2n) is 11.1. The summed E-state index contributed by atoms with van der Waals surface area (Å²) >= 11 is 0. The van der Waals surface area contributed by atoms with Crippen molar-refractivity contribution in [3.63, 3.8) is 0 Å². The predicted octanol–water partition coefficient (Wildman–Crippen LogP) is 5.00. The molecule has 1 N–H and O–H groups in total. The third kappa shape index (κ3) is 5.99. The molecule has 3 aliphatic rings. The molecule has 224 valence electrons. The van der Waals surface area contributed by atoms with Gasteiger partial charge in [0.1, 0.15) is 17.9 Å². The van der Waals surface area contributed by atoms with Crippen molar-refractivity contribution in [1.82, 2.24) is 19.8 Å². The van der Waals surface area contributed by atoms with Gasteiger partial charge in [-0.3, -0.25) is 9.74 Å². The van der Waals surface area contributed by atoms with Crippen LogP contribution in [0.2, 0.25) is 0 Å². The number of likely N-dealkylation sites (N-methyl/N-ethyl adjacent to an activating group) is 1. The van der Waals surface area contributed by atoms with Crippen molar-refractivity contribution in [2.45, 2.75) is 38.3 Å². The van der Waals surface area contributed by atoms with E-state index in [1.54, 1.807) is 19.2 Å². The van der Waals surface area contributed by atoms with Gasteiger partial charge >= 0.3 is 0 Å². The predicted molar refractivity (Wildman–Crippen MR) is 159 cm³/mol. The molecule has 4 heterocycles. The molecule has 0 radical (unpaired) electrons. The Morgan fingerprint density at radius 1 is 0.976 bits per heavy atom. The van der Waals surface area contributed by atoms with Crippen LogP contribution in [0.1, 0.15) is 37.8 Å². The Balaban J connectivity index is 1.11. The first-order valence-corrected chi connectivity index (χ1v) is 14.9. The average molecular weight is 580 g/mol. The molecule has 3 aromatic rings. The van der Waals surface area contributed by atoms with E-state index < -0.39 is 17.7 Å². The summed E-state index contributed by atoms with van der Waals surface area (Å²) in [6.07, 6.45) is 4.26. The maximum absolute atomic E-state index is 14.6. The van der Waals surface area contributed by atoms with Crippen LogP contribution >= 0.6 is 0 Å². The fourth-order valence-electron chi connectivity index (χ4n) is 6.34. The number of benzene rings is 2. The highest BCUT2D eigenvalue weighted by Crippen LogP contribution is 2.37. The highest BCUT2D eigenvalue weighted by molar-refractivity contribution is 5.70. The molecule has 0 spiro atoms. The van der Waals surface area contributed by atoms with E-state index in [2.05, 4.69) is 49.0 Å². The normalized spacial score (nSPS) is 20.7. The zero-order valence-corrected chi connectivity index (χ0v) is 24.3. The summed E-state index contributed by atoms with van der Waals surface area (Å²) in [5.74, 6) is -0.0520. The highest BCUT2D eigenvalue weighted by atomic mass is 19.2. The molecule has 2 aromatic carbocycles. The fourth-order valence-corrected chi connectivity index (χ4v) is 6.34. The van der Waals surface area contributed by atoms with Crippen LogP contribution in [0.15, 0.2) is 48.8 Å². The number of aromatic nitrogens is 2. The lowest BCUT2D eigenvalue weighted by molar-refractivity contribution is 0.0878. The van der Waals surface area contributed by atoms with Crippen molar-refractivity contribution in [2.24, 2.45) is 0 Å². The number of piperidine rings is 1. The molecule has 0 amide bonds. The van der Waals surface area contributed by atoms with E-state index in [0.717, 1.165) is 49.9 Å². The first kappa shape index (κ1) is 28.6. The summed E-state index contributed by atoms with van der Waals surface area (Å²) in [6.45, 7) is 10.5. The molecule has 42 heavy (non-hydrogen) atoms. The van der Waals surface area contributed by atoms with Gasteiger partial charge in [0, 0.05) is 75.1 Å². The van der Waals surface area contributed by atoms with Crippen molar-refractivity contribution < 1.29 is 18.4 Å². The molecule has 0 unspecified atom stereocenters. The summed E-state index contributed by atoms with van der Waals surface area (Å²) in [4.78, 5) is 22.1. The summed E-state index contributed by atoms with van der Waals surface area (Å²) < 4.78 is 34.2. The Hall–Kier alpha value is -3.54. The number of nitrogens with zero attached hydrogens (tertiary/aromatic N) is 6. The van der Waals surface area contributed by atoms with Crippen molar-refractivity contribution in [2.75, 3.05) is 74.8 Å². The summed E-state index contributed by atoms with van der Waals surface area (Å²) in [7, 11) is 1.66. The number of hydrogen-bond acceptors (Lipinski definition) is 9. The molecule has 3 fully saturated rings. The standard InChI is InChI=1S/C31H39F2N7O2/c1-3-37-14-16-39(17-15-37)22-9-12-38(13-10-22)23-7-8-26(28(19-23)41-2)36-29-20-30(35-21-34-29)40-27(11-18-42-40)24-5-4-6-25(32)31(24)33/h4-8,19-22,27H,3,9-18H2,1-2H3,(H,34,35,36)/t27-/m1/s1. The lowest BCUT2D eigenvalue weighted by atomic mass is 10.0. The number of methoxy groups -OCH3 is 1. The van der Waals surface area contributed by atoms with Crippen LogP contribution in [0.25, 0.3) is 0 Å². The van der Waals surface area contributed by atoms with Crippen LogP contribution in [-0.2, 0) is 4.84 Å². The second-order valence-corrected chi connectivity index (χ2v) is 11.1. The molecule has 0 aliphatic carbocycles. The smallest absolute Gasteiger partial charge is 0.164 e. The van der Waals surface area contributed by atoms with Crippen LogP contribution < -0.4 is 20.0 Å². The van der Waals surface area contributed by atoms with Crippen LogP contribution in [-0.4, -0.2) is 85.3 Å². The van der Waals surface area contributed by atoms with Crippen molar-refractivity contribution >= 4 is 23.0 Å². The first-order chi connectivity index (χ1) is 20.5. The molecule has 9 nitrogen and oxygen atoms in total. The van der Waals surface area contributed by atoms with Gasteiger partial charge in [-0.15, -0.1) is 0 Å². The van der Waals surface area contributed by atoms with E-state index in [9.17, 15) is 8.78 Å². The van der Waals surface area contributed by atoms with Gasteiger partial charge in [-0.05, 0) is 37.6 Å². The number of halogens is 2. The number of hydroxylamine groups is 1. The maximum Gasteiger partial charge on any atom is 0.164 e. The van der Waals surface area contributed by atoms with Crippen molar-refractivity contribution in [3.05, 3.63) is 66.0 Å². The molecule has 6 rings (SSSR count). The minimum Gasteiger partial charge on any atom is -0.494 e. The number of nitrogens with one attached hydrogen (secondary N) is 1. The SMILES string of the molecule is CCN1CCN(C2CCN(c3ccc(Nc4cc(N5OCC[C@@H]5c5cccc(F)c5F)ncn4)c(OC)c3)CC2)CC1. The maximum atomic E-state index is 14.6. The number of ether oxygens (including phenoxy) is 1. The monoisotopic (exact) mass is 579 g/mol. The molecular weight excluding hydrogens is 540 g/mol. The number of anilines is 4. The first-order valence-electron chi connectivity index (χ1n) is 14.9. The van der Waals surface area contributed by atoms with E-state index in [0.29, 0.717) is 36.5 Å². The Labute approximate surface area is 246 Å². The molecule has 1 atom stereocenters. The molecule has 1 aromatic heterocycles. The fraction of sp³-hybridized carbons (Fsp3) is 0.484. The Kier molecular flexibility index (Phi) is 8.68. The zero-order valence-electron chi connectivity index (χ0n) is 24.3. The van der Waals surface area contributed by atoms with Crippen LogP contribution in [0.4, 0.5) is 31.8 Å². The lowest BCUT2D eigenvalue weighted by Gasteiger charge is -2.43. The van der Waals surface area contributed by atoms with Crippen LogP contribution in [0, 0.1) is 11.6 Å². The largest absolute Gasteiger partial charge is 0.494 e. The number of piperazine rings is 1. The Morgan fingerprint density at radius 3 is 2.55 bits per heavy atom. The minimum atomic E-state index is -0.880. The average Bonchev–Trinajstić information content (AvgIpc) is 3.53. The van der Waals surface area contributed by atoms with Gasteiger partial charge in [0.05, 0.1) is 25.4 Å². The van der Waals surface area contributed by atoms with Gasteiger partial charge in [0.2, 0.25) is 0 Å². The highest BCUT2D eigenvalue weighted by Gasteiger charge is 2.32. The van der Waals surface area contributed by atoms with Gasteiger partial charge in [-0.25, -0.2) is 23.8 Å². The number of hydrogen-bond donors (Lipinski definition) is 1. The summed E-state index contributed by atoms with van der Waals surface area (Å²) in [5.41, 5.74) is 2.14. The van der Waals surface area contributed by atoms with Gasteiger partial charge in [0.15, 0.2) is 17.5 Å². The van der Waals surface area contributed by atoms with Crippen molar-refractivity contribution in [1.29, 1.82) is 0 Å². The van der Waals surface area contributed by atoms with Crippen LogP contribution in [0.3, 0.4) is 0 Å². The molecule has 0 bridgehead atoms. The molecular formula is C31H39F2N7O2. The van der Waals surface area contributed by atoms with Gasteiger partial charge in [-0.1, -0.05) is 19.1 Å². The number of rotatable bonds is 8. The van der Waals surface area contributed by atoms with E-state index in [1.807, 2.05) is 6.07 Å². The Bertz CT molecular complexity index is 1360. The Morgan fingerprint density at radius 2 is 1.79 bits per heavy atom. The molecule has 3 aliphatic heterocycles.